The van der Waals surface area contributed by atoms with E-state index >= 15 is 0 Å². The molecular weight excluding hydrogens is 202 g/mol. The second-order valence-corrected chi connectivity index (χ2v) is 2.89. The van der Waals surface area contributed by atoms with Crippen molar-refractivity contribution in [2.24, 2.45) is 0 Å². The predicted molar refractivity (Wildman–Crippen MR) is 50.8 cm³/mol. The number of nitrogens with zero attached hydrogens (tertiary/aromatic N) is 1. The number of phenolic OH excluding ortho intramolecular Hbond substituents is 1. The zero-order valence-electron chi connectivity index (χ0n) is 8.18. The molecule has 0 saturated carbocycles. The number of methoxy groups -OCH3 is 1. The number of benzene rings is 1. The first-order valence-corrected chi connectivity index (χ1v) is 4.03. The van der Waals surface area contributed by atoms with Crippen LogP contribution in [0.5, 0.6) is 5.75 Å². The molecule has 0 saturated heterocycles. The predicted octanol–water partition coefficient (Wildman–Crippen LogP) is 1.40. The van der Waals surface area contributed by atoms with E-state index in [1.165, 1.54) is 6.92 Å². The SMILES string of the molecule is COC(=O)c1cc(O)c(C)c([N+](=O)[O-])c1. The average molecular weight is 211 g/mol. The van der Waals surface area contributed by atoms with E-state index in [-0.39, 0.29) is 22.6 Å². The van der Waals surface area contributed by atoms with Crippen LogP contribution in [-0.2, 0) is 4.74 Å². The van der Waals surface area contributed by atoms with Crippen molar-refractivity contribution in [1.29, 1.82) is 0 Å². The van der Waals surface area contributed by atoms with Crippen molar-refractivity contribution in [3.8, 4) is 5.75 Å². The molecule has 15 heavy (non-hydrogen) atoms. The van der Waals surface area contributed by atoms with Crippen LogP contribution < -0.4 is 0 Å². The molecule has 6 heteroatoms. The van der Waals surface area contributed by atoms with Gasteiger partial charge >= 0.3 is 5.97 Å². The third-order valence-electron chi connectivity index (χ3n) is 1.97. The largest absolute Gasteiger partial charge is 0.507 e. The fourth-order valence-corrected chi connectivity index (χ4v) is 1.11. The van der Waals surface area contributed by atoms with Gasteiger partial charge < -0.3 is 9.84 Å². The Bertz CT molecular complexity index is 427. The van der Waals surface area contributed by atoms with Crippen molar-refractivity contribution in [3.63, 3.8) is 0 Å². The van der Waals surface area contributed by atoms with E-state index in [1.54, 1.807) is 0 Å². The number of nitro groups is 1. The Labute approximate surface area is 85.2 Å². The summed E-state index contributed by atoms with van der Waals surface area (Å²) >= 11 is 0. The maximum atomic E-state index is 11.1. The van der Waals surface area contributed by atoms with Crippen molar-refractivity contribution in [1.82, 2.24) is 0 Å². The molecule has 0 atom stereocenters. The summed E-state index contributed by atoms with van der Waals surface area (Å²) in [5, 5.41) is 19.9. The fraction of sp³-hybridized carbons (Fsp3) is 0.222. The van der Waals surface area contributed by atoms with Gasteiger partial charge in [0.15, 0.2) is 0 Å². The van der Waals surface area contributed by atoms with E-state index in [4.69, 9.17) is 0 Å². The highest BCUT2D eigenvalue weighted by Crippen LogP contribution is 2.28. The first-order chi connectivity index (χ1) is 6.97. The standard InChI is InChI=1S/C9H9NO5/c1-5-7(10(13)14)3-6(4-8(5)11)9(12)15-2/h3-4,11H,1-2H3. The van der Waals surface area contributed by atoms with E-state index in [9.17, 15) is 20.0 Å². The van der Waals surface area contributed by atoms with Gasteiger partial charge in [-0.3, -0.25) is 10.1 Å². The Balaban J connectivity index is 3.35. The van der Waals surface area contributed by atoms with Crippen LogP contribution in [0.1, 0.15) is 15.9 Å². The van der Waals surface area contributed by atoms with Gasteiger partial charge in [0.25, 0.3) is 5.69 Å². The Kier molecular flexibility index (Phi) is 2.89. The minimum Gasteiger partial charge on any atom is -0.507 e. The molecule has 1 aromatic rings. The number of carbonyl (C=O) groups excluding carboxylic acids is 1. The topological polar surface area (TPSA) is 89.7 Å². The summed E-state index contributed by atoms with van der Waals surface area (Å²) in [5.41, 5.74) is -0.240. The number of rotatable bonds is 2. The quantitative estimate of drug-likeness (QED) is 0.453. The Morgan fingerprint density at radius 3 is 2.60 bits per heavy atom. The van der Waals surface area contributed by atoms with Crippen LogP contribution >= 0.6 is 0 Å². The zero-order chi connectivity index (χ0) is 11.6. The van der Waals surface area contributed by atoms with Crippen LogP contribution in [0, 0.1) is 17.0 Å². The molecule has 1 aromatic carbocycles. The number of hydrogen-bond acceptors (Lipinski definition) is 5. The van der Waals surface area contributed by atoms with Gasteiger partial charge in [0.05, 0.1) is 23.2 Å². The molecule has 0 bridgehead atoms. The molecule has 0 aliphatic heterocycles. The third kappa shape index (κ3) is 2.04. The second kappa shape index (κ2) is 3.95. The number of hydrogen-bond donors (Lipinski definition) is 1. The molecule has 0 unspecified atom stereocenters. The van der Waals surface area contributed by atoms with Crippen LogP contribution in [0.3, 0.4) is 0 Å². The van der Waals surface area contributed by atoms with Gasteiger partial charge in [0.1, 0.15) is 5.75 Å². The van der Waals surface area contributed by atoms with Crippen LogP contribution in [0.2, 0.25) is 0 Å². The molecule has 1 N–H and O–H groups in total. The number of aromatic hydroxyl groups is 1. The van der Waals surface area contributed by atoms with Crippen molar-refractivity contribution in [3.05, 3.63) is 33.4 Å². The minimum absolute atomic E-state index is 0.0488. The summed E-state index contributed by atoms with van der Waals surface area (Å²) in [6, 6.07) is 2.20. The molecule has 0 spiro atoms. The van der Waals surface area contributed by atoms with Crippen LogP contribution in [-0.4, -0.2) is 23.1 Å². The molecule has 0 amide bonds. The van der Waals surface area contributed by atoms with Crippen molar-refractivity contribution < 1.29 is 19.6 Å². The van der Waals surface area contributed by atoms with Gasteiger partial charge in [-0.25, -0.2) is 4.79 Å². The lowest BCUT2D eigenvalue weighted by molar-refractivity contribution is -0.385. The number of phenols is 1. The summed E-state index contributed by atoms with van der Waals surface area (Å²) in [5.74, 6) is -1.03. The lowest BCUT2D eigenvalue weighted by Crippen LogP contribution is -2.03. The summed E-state index contributed by atoms with van der Waals surface area (Å²) < 4.78 is 4.39. The van der Waals surface area contributed by atoms with Gasteiger partial charge in [0.2, 0.25) is 0 Å². The monoisotopic (exact) mass is 211 g/mol. The minimum atomic E-state index is -0.728. The Morgan fingerprint density at radius 1 is 1.53 bits per heavy atom. The molecule has 0 heterocycles. The highest BCUT2D eigenvalue weighted by atomic mass is 16.6. The number of nitro benzene ring substituents is 1. The number of carbonyl (C=O) groups is 1. The van der Waals surface area contributed by atoms with Gasteiger partial charge in [-0.1, -0.05) is 0 Å². The third-order valence-corrected chi connectivity index (χ3v) is 1.97. The smallest absolute Gasteiger partial charge is 0.338 e. The molecule has 0 radical (unpaired) electrons. The molecule has 1 rings (SSSR count). The maximum absolute atomic E-state index is 11.1. The maximum Gasteiger partial charge on any atom is 0.338 e. The molecule has 0 aliphatic carbocycles. The lowest BCUT2D eigenvalue weighted by Gasteiger charge is -2.03. The van der Waals surface area contributed by atoms with Crippen molar-refractivity contribution in [2.45, 2.75) is 6.92 Å². The normalized spacial score (nSPS) is 9.73. The second-order valence-electron chi connectivity index (χ2n) is 2.89. The first-order valence-electron chi connectivity index (χ1n) is 4.03. The van der Waals surface area contributed by atoms with Gasteiger partial charge in [-0.2, -0.15) is 0 Å². The average Bonchev–Trinajstić information content (AvgIpc) is 2.20. The van der Waals surface area contributed by atoms with Crippen molar-refractivity contribution >= 4 is 11.7 Å². The Morgan fingerprint density at radius 2 is 2.13 bits per heavy atom. The summed E-state index contributed by atoms with van der Waals surface area (Å²) in [7, 11) is 1.16. The molecule has 6 nitrogen and oxygen atoms in total. The molecule has 0 aliphatic rings. The number of ether oxygens (including phenoxy) is 1. The zero-order valence-corrected chi connectivity index (χ0v) is 8.18. The summed E-state index contributed by atoms with van der Waals surface area (Å²) in [6.45, 7) is 1.40. The highest BCUT2D eigenvalue weighted by molar-refractivity contribution is 5.91. The molecular formula is C9H9NO5. The number of esters is 1. The van der Waals surface area contributed by atoms with Crippen LogP contribution in [0.15, 0.2) is 12.1 Å². The van der Waals surface area contributed by atoms with Gasteiger partial charge in [-0.15, -0.1) is 0 Å². The molecule has 0 fully saturated rings. The van der Waals surface area contributed by atoms with E-state index in [0.717, 1.165) is 19.2 Å². The van der Waals surface area contributed by atoms with Gasteiger partial charge in [-0.05, 0) is 13.0 Å². The van der Waals surface area contributed by atoms with E-state index in [2.05, 4.69) is 4.74 Å². The molecule has 80 valence electrons. The van der Waals surface area contributed by atoms with Crippen LogP contribution in [0.25, 0.3) is 0 Å². The highest BCUT2D eigenvalue weighted by Gasteiger charge is 2.19. The summed E-state index contributed by atoms with van der Waals surface area (Å²) in [6.07, 6.45) is 0. The van der Waals surface area contributed by atoms with Gasteiger partial charge in [0, 0.05) is 6.07 Å². The fourth-order valence-electron chi connectivity index (χ4n) is 1.11. The van der Waals surface area contributed by atoms with E-state index < -0.39 is 10.9 Å². The van der Waals surface area contributed by atoms with E-state index in [0.29, 0.717) is 0 Å². The van der Waals surface area contributed by atoms with Crippen molar-refractivity contribution in [2.75, 3.05) is 7.11 Å². The molecule has 0 aromatic heterocycles. The summed E-state index contributed by atoms with van der Waals surface area (Å²) in [4.78, 5) is 21.0. The van der Waals surface area contributed by atoms with E-state index in [1.807, 2.05) is 0 Å². The Hall–Kier alpha value is -2.11. The first kappa shape index (κ1) is 11.0. The van der Waals surface area contributed by atoms with Crippen LogP contribution in [0.4, 0.5) is 5.69 Å². The lowest BCUT2D eigenvalue weighted by atomic mass is 10.1.